The third-order valence-corrected chi connectivity index (χ3v) is 5.24. The van der Waals surface area contributed by atoms with E-state index in [1.165, 1.54) is 12.8 Å². The highest BCUT2D eigenvalue weighted by Gasteiger charge is 2.45. The molecule has 0 saturated heterocycles. The molecule has 0 aromatic heterocycles. The molecule has 3 nitrogen and oxygen atoms in total. The van der Waals surface area contributed by atoms with Crippen molar-refractivity contribution in [3.8, 4) is 0 Å². The molecule has 2 saturated carbocycles. The summed E-state index contributed by atoms with van der Waals surface area (Å²) in [6, 6.07) is 0. The zero-order valence-electron chi connectivity index (χ0n) is 8.79. The first-order chi connectivity index (χ1) is 7.03. The van der Waals surface area contributed by atoms with Gasteiger partial charge in [-0.25, -0.2) is 0 Å². The van der Waals surface area contributed by atoms with E-state index in [1.54, 1.807) is 0 Å². The van der Waals surface area contributed by atoms with Crippen molar-refractivity contribution in [1.82, 2.24) is 0 Å². The van der Waals surface area contributed by atoms with Crippen molar-refractivity contribution in [3.63, 3.8) is 0 Å². The van der Waals surface area contributed by atoms with E-state index in [0.29, 0.717) is 29.5 Å². The minimum Gasteiger partial charge on any atom is -0.480 e. The molecule has 2 rings (SSSR count). The van der Waals surface area contributed by atoms with E-state index < -0.39 is 11.5 Å². The fourth-order valence-corrected chi connectivity index (χ4v) is 4.18. The summed E-state index contributed by atoms with van der Waals surface area (Å²) < 4.78 is 0. The minimum atomic E-state index is -0.953. The Balaban J connectivity index is 2.09. The first-order valence-electron chi connectivity index (χ1n) is 5.69. The van der Waals surface area contributed by atoms with Crippen molar-refractivity contribution in [2.75, 3.05) is 0 Å². The van der Waals surface area contributed by atoms with Crippen LogP contribution < -0.4 is 5.73 Å². The Morgan fingerprint density at radius 1 is 1.40 bits per heavy atom. The number of carboxylic acids is 1. The summed E-state index contributed by atoms with van der Waals surface area (Å²) >= 11 is 3.72. The third-order valence-electron chi connectivity index (χ3n) is 4.10. The monoisotopic (exact) mass is 275 g/mol. The zero-order chi connectivity index (χ0) is 11.1. The van der Waals surface area contributed by atoms with Gasteiger partial charge in [0.15, 0.2) is 0 Å². The van der Waals surface area contributed by atoms with Crippen molar-refractivity contribution in [1.29, 1.82) is 0 Å². The Kier molecular flexibility index (Phi) is 3.08. The molecular formula is C11H18BrNO2. The maximum Gasteiger partial charge on any atom is 0.323 e. The van der Waals surface area contributed by atoms with E-state index in [-0.39, 0.29) is 0 Å². The molecule has 2 aliphatic rings. The number of carboxylic acid groups (broad SMARTS) is 1. The second-order valence-corrected chi connectivity index (χ2v) is 6.25. The van der Waals surface area contributed by atoms with Crippen LogP contribution in [-0.4, -0.2) is 21.4 Å². The summed E-state index contributed by atoms with van der Waals surface area (Å²) in [4.78, 5) is 11.7. The highest BCUT2D eigenvalue weighted by atomic mass is 79.9. The molecule has 0 bridgehead atoms. The molecule has 15 heavy (non-hydrogen) atoms. The summed E-state index contributed by atoms with van der Waals surface area (Å²) in [6.45, 7) is 0. The van der Waals surface area contributed by atoms with Crippen molar-refractivity contribution in [2.24, 2.45) is 17.6 Å². The summed E-state index contributed by atoms with van der Waals surface area (Å²) in [5, 5.41) is 9.12. The molecule has 0 aromatic rings. The first kappa shape index (κ1) is 11.4. The Morgan fingerprint density at radius 3 is 2.80 bits per heavy atom. The Labute approximate surface area is 98.5 Å². The van der Waals surface area contributed by atoms with Crippen LogP contribution in [0.4, 0.5) is 0 Å². The number of aliphatic carboxylic acids is 1. The number of hydrogen-bond acceptors (Lipinski definition) is 2. The lowest BCUT2D eigenvalue weighted by Crippen LogP contribution is -2.54. The van der Waals surface area contributed by atoms with Gasteiger partial charge in [0.1, 0.15) is 5.54 Å². The van der Waals surface area contributed by atoms with Gasteiger partial charge >= 0.3 is 5.97 Å². The van der Waals surface area contributed by atoms with Gasteiger partial charge in [0.05, 0.1) is 0 Å². The number of alkyl halides is 1. The summed E-state index contributed by atoms with van der Waals surface area (Å²) in [6.07, 6.45) is 5.83. The predicted octanol–water partition coefficient (Wildman–Crippen LogP) is 2.13. The molecule has 0 amide bonds. The first-order valence-corrected chi connectivity index (χ1v) is 6.61. The molecule has 3 N–H and O–H groups in total. The molecule has 86 valence electrons. The number of hydrogen-bond donors (Lipinski definition) is 2. The van der Waals surface area contributed by atoms with Gasteiger partial charge in [0, 0.05) is 4.83 Å². The molecule has 4 unspecified atom stereocenters. The highest BCUT2D eigenvalue weighted by molar-refractivity contribution is 9.09. The topological polar surface area (TPSA) is 63.3 Å². The highest BCUT2D eigenvalue weighted by Crippen LogP contribution is 2.45. The Hall–Kier alpha value is -0.0900. The van der Waals surface area contributed by atoms with Gasteiger partial charge < -0.3 is 10.8 Å². The van der Waals surface area contributed by atoms with E-state index in [4.69, 9.17) is 10.8 Å². The van der Waals surface area contributed by atoms with Gasteiger partial charge in [0.25, 0.3) is 0 Å². The maximum atomic E-state index is 11.1. The van der Waals surface area contributed by atoms with Crippen LogP contribution in [0.15, 0.2) is 0 Å². The summed E-state index contributed by atoms with van der Waals surface area (Å²) in [7, 11) is 0. The Bertz CT molecular complexity index is 271. The van der Waals surface area contributed by atoms with E-state index in [2.05, 4.69) is 15.9 Å². The van der Waals surface area contributed by atoms with Crippen LogP contribution in [0, 0.1) is 11.8 Å². The average Bonchev–Trinajstić information content (AvgIpc) is 2.17. The number of halogens is 1. The smallest absolute Gasteiger partial charge is 0.323 e. The summed E-state index contributed by atoms with van der Waals surface area (Å²) in [5.41, 5.74) is 4.99. The lowest BCUT2D eigenvalue weighted by Gasteiger charge is -2.44. The fraction of sp³-hybridized carbons (Fsp3) is 0.909. The number of rotatable bonds is 1. The van der Waals surface area contributed by atoms with Gasteiger partial charge in [-0.3, -0.25) is 4.79 Å². The van der Waals surface area contributed by atoms with E-state index in [0.717, 1.165) is 12.8 Å². The summed E-state index contributed by atoms with van der Waals surface area (Å²) in [5.74, 6) is 0.338. The van der Waals surface area contributed by atoms with Crippen LogP contribution in [0.1, 0.15) is 38.5 Å². The van der Waals surface area contributed by atoms with E-state index in [9.17, 15) is 4.79 Å². The number of fused-ring (bicyclic) bond motifs is 1. The number of carbonyl (C=O) groups is 1. The SMILES string of the molecule is NC1(C(=O)O)CCC2C(Br)CCCC2C1. The van der Waals surface area contributed by atoms with E-state index in [1.807, 2.05) is 0 Å². The van der Waals surface area contributed by atoms with Crippen LogP contribution in [0.5, 0.6) is 0 Å². The molecule has 0 spiro atoms. The van der Waals surface area contributed by atoms with Gasteiger partial charge in [0.2, 0.25) is 0 Å². The van der Waals surface area contributed by atoms with Crippen LogP contribution >= 0.6 is 15.9 Å². The fourth-order valence-electron chi connectivity index (χ4n) is 3.16. The normalized spacial score (nSPS) is 45.9. The molecule has 0 heterocycles. The average molecular weight is 276 g/mol. The van der Waals surface area contributed by atoms with Crippen LogP contribution in [0.3, 0.4) is 0 Å². The van der Waals surface area contributed by atoms with Gasteiger partial charge in [-0.1, -0.05) is 28.8 Å². The molecule has 0 aromatic carbocycles. The molecule has 2 aliphatic carbocycles. The quantitative estimate of drug-likeness (QED) is 0.721. The van der Waals surface area contributed by atoms with Crippen molar-refractivity contribution in [3.05, 3.63) is 0 Å². The third kappa shape index (κ3) is 2.07. The van der Waals surface area contributed by atoms with Crippen molar-refractivity contribution >= 4 is 21.9 Å². The van der Waals surface area contributed by atoms with Crippen LogP contribution in [0.2, 0.25) is 0 Å². The van der Waals surface area contributed by atoms with Crippen LogP contribution in [0.25, 0.3) is 0 Å². The molecule has 0 aliphatic heterocycles. The second-order valence-electron chi connectivity index (χ2n) is 5.07. The predicted molar refractivity (Wildman–Crippen MR) is 62.0 cm³/mol. The van der Waals surface area contributed by atoms with Crippen LogP contribution in [-0.2, 0) is 4.79 Å². The van der Waals surface area contributed by atoms with Gasteiger partial charge in [-0.15, -0.1) is 0 Å². The lowest BCUT2D eigenvalue weighted by atomic mass is 9.65. The van der Waals surface area contributed by atoms with Gasteiger partial charge in [-0.2, -0.15) is 0 Å². The van der Waals surface area contributed by atoms with E-state index >= 15 is 0 Å². The largest absolute Gasteiger partial charge is 0.480 e. The Morgan fingerprint density at radius 2 is 2.13 bits per heavy atom. The van der Waals surface area contributed by atoms with Crippen molar-refractivity contribution < 1.29 is 9.90 Å². The molecular weight excluding hydrogens is 258 g/mol. The maximum absolute atomic E-state index is 11.1. The molecule has 2 fully saturated rings. The number of nitrogens with two attached hydrogens (primary N) is 1. The zero-order valence-corrected chi connectivity index (χ0v) is 10.4. The lowest BCUT2D eigenvalue weighted by molar-refractivity contribution is -0.146. The standard InChI is InChI=1S/C11H18BrNO2/c12-9-3-1-2-7-6-11(13,10(14)15)5-4-8(7)9/h7-9H,1-6,13H2,(H,14,15). The molecule has 4 heteroatoms. The molecule has 4 atom stereocenters. The second kappa shape index (κ2) is 4.06. The minimum absolute atomic E-state index is 0.512. The molecule has 0 radical (unpaired) electrons. The van der Waals surface area contributed by atoms with Crippen molar-refractivity contribution in [2.45, 2.75) is 48.9 Å². The van der Waals surface area contributed by atoms with Gasteiger partial charge in [-0.05, 0) is 37.5 Å².